The van der Waals surface area contributed by atoms with Crippen molar-refractivity contribution >= 4 is 29.0 Å². The number of carbonyl (C=O) groups excluding carboxylic acids is 2. The van der Waals surface area contributed by atoms with Crippen LogP contribution in [0, 0.1) is 0 Å². The fraction of sp³-hybridized carbons (Fsp3) is 0.222. The molecule has 5 heteroatoms. The summed E-state index contributed by atoms with van der Waals surface area (Å²) in [7, 11) is 0. The topological polar surface area (TPSA) is 61.4 Å². The average molecular weight is 309 g/mol. The van der Waals surface area contributed by atoms with Gasteiger partial charge in [-0.25, -0.2) is 4.79 Å². The molecule has 118 valence electrons. The van der Waals surface area contributed by atoms with Crippen LogP contribution in [0.1, 0.15) is 19.3 Å². The minimum atomic E-state index is -0.294. The van der Waals surface area contributed by atoms with Crippen molar-refractivity contribution in [3.63, 3.8) is 0 Å². The lowest BCUT2D eigenvalue weighted by atomic mass is 10.1. The fourth-order valence-electron chi connectivity index (χ4n) is 2.62. The zero-order chi connectivity index (χ0) is 16.1. The van der Waals surface area contributed by atoms with Gasteiger partial charge in [0, 0.05) is 30.0 Å². The SMILES string of the molecule is O=C(Nc1ccccc1)Nc1ccc(N2CCCCC2=O)cc1. The Balaban J connectivity index is 1.61. The number of hydrogen-bond donors (Lipinski definition) is 2. The molecule has 0 atom stereocenters. The van der Waals surface area contributed by atoms with E-state index in [-0.39, 0.29) is 11.9 Å². The fourth-order valence-corrected chi connectivity index (χ4v) is 2.62. The van der Waals surface area contributed by atoms with Crippen LogP contribution in [0.4, 0.5) is 21.9 Å². The van der Waals surface area contributed by atoms with E-state index in [0.29, 0.717) is 12.1 Å². The molecule has 2 aromatic rings. The Bertz CT molecular complexity index is 683. The van der Waals surface area contributed by atoms with E-state index in [4.69, 9.17) is 0 Å². The Kier molecular flexibility index (Phi) is 4.57. The van der Waals surface area contributed by atoms with E-state index in [0.717, 1.165) is 30.8 Å². The molecule has 0 aromatic heterocycles. The third-order valence-corrected chi connectivity index (χ3v) is 3.79. The maximum absolute atomic E-state index is 11.9. The van der Waals surface area contributed by atoms with Crippen molar-refractivity contribution in [2.75, 3.05) is 22.1 Å². The van der Waals surface area contributed by atoms with Crippen LogP contribution in [0.25, 0.3) is 0 Å². The number of piperidine rings is 1. The highest BCUT2D eigenvalue weighted by atomic mass is 16.2. The van der Waals surface area contributed by atoms with Crippen LogP contribution in [0.2, 0.25) is 0 Å². The molecule has 0 spiro atoms. The lowest BCUT2D eigenvalue weighted by Gasteiger charge is -2.26. The van der Waals surface area contributed by atoms with Gasteiger partial charge >= 0.3 is 6.03 Å². The van der Waals surface area contributed by atoms with Crippen molar-refractivity contribution in [2.45, 2.75) is 19.3 Å². The highest BCUT2D eigenvalue weighted by molar-refractivity contribution is 6.00. The summed E-state index contributed by atoms with van der Waals surface area (Å²) in [6.45, 7) is 0.764. The van der Waals surface area contributed by atoms with Gasteiger partial charge < -0.3 is 15.5 Å². The molecule has 1 saturated heterocycles. The number of urea groups is 1. The summed E-state index contributed by atoms with van der Waals surface area (Å²) < 4.78 is 0. The highest BCUT2D eigenvalue weighted by Gasteiger charge is 2.19. The zero-order valence-corrected chi connectivity index (χ0v) is 12.8. The van der Waals surface area contributed by atoms with E-state index in [9.17, 15) is 9.59 Å². The van der Waals surface area contributed by atoms with Gasteiger partial charge in [0.15, 0.2) is 0 Å². The third-order valence-electron chi connectivity index (χ3n) is 3.79. The van der Waals surface area contributed by atoms with Crippen molar-refractivity contribution in [2.24, 2.45) is 0 Å². The first-order valence-corrected chi connectivity index (χ1v) is 7.76. The number of carbonyl (C=O) groups is 2. The monoisotopic (exact) mass is 309 g/mol. The first-order chi connectivity index (χ1) is 11.2. The van der Waals surface area contributed by atoms with Gasteiger partial charge in [0.05, 0.1) is 0 Å². The van der Waals surface area contributed by atoms with Gasteiger partial charge in [0.2, 0.25) is 5.91 Å². The van der Waals surface area contributed by atoms with Crippen molar-refractivity contribution in [3.8, 4) is 0 Å². The summed E-state index contributed by atoms with van der Waals surface area (Å²) in [5, 5.41) is 5.54. The second kappa shape index (κ2) is 6.96. The first kappa shape index (κ1) is 15.1. The smallest absolute Gasteiger partial charge is 0.312 e. The van der Waals surface area contributed by atoms with Crippen LogP contribution in [-0.4, -0.2) is 18.5 Å². The van der Waals surface area contributed by atoms with E-state index in [2.05, 4.69) is 10.6 Å². The number of nitrogens with zero attached hydrogens (tertiary/aromatic N) is 1. The molecule has 0 radical (unpaired) electrons. The number of para-hydroxylation sites is 1. The molecule has 1 aliphatic heterocycles. The molecule has 2 N–H and O–H groups in total. The van der Waals surface area contributed by atoms with Crippen LogP contribution in [0.3, 0.4) is 0 Å². The van der Waals surface area contributed by atoms with Crippen LogP contribution in [-0.2, 0) is 4.79 Å². The number of anilines is 3. The predicted octanol–water partition coefficient (Wildman–Crippen LogP) is 3.85. The predicted molar refractivity (Wildman–Crippen MR) is 91.7 cm³/mol. The minimum absolute atomic E-state index is 0.166. The molecule has 23 heavy (non-hydrogen) atoms. The largest absolute Gasteiger partial charge is 0.323 e. The number of rotatable bonds is 3. The Morgan fingerprint density at radius 3 is 2.17 bits per heavy atom. The maximum atomic E-state index is 11.9. The lowest BCUT2D eigenvalue weighted by Crippen LogP contribution is -2.35. The molecular formula is C18H19N3O2. The van der Waals surface area contributed by atoms with Crippen LogP contribution in [0.15, 0.2) is 54.6 Å². The van der Waals surface area contributed by atoms with Gasteiger partial charge in [-0.3, -0.25) is 4.79 Å². The highest BCUT2D eigenvalue weighted by Crippen LogP contribution is 2.22. The van der Waals surface area contributed by atoms with Gasteiger partial charge in [0.1, 0.15) is 0 Å². The van der Waals surface area contributed by atoms with E-state index in [1.807, 2.05) is 54.6 Å². The second-order valence-electron chi connectivity index (χ2n) is 5.49. The Morgan fingerprint density at radius 1 is 0.870 bits per heavy atom. The minimum Gasteiger partial charge on any atom is -0.312 e. The normalized spacial score (nSPS) is 14.4. The molecule has 1 aliphatic rings. The first-order valence-electron chi connectivity index (χ1n) is 7.76. The number of nitrogens with one attached hydrogen (secondary N) is 2. The number of amides is 3. The summed E-state index contributed by atoms with van der Waals surface area (Å²) in [5.74, 6) is 0.166. The third kappa shape index (κ3) is 3.88. The molecule has 0 unspecified atom stereocenters. The summed E-state index contributed by atoms with van der Waals surface area (Å²) in [4.78, 5) is 25.6. The molecule has 5 nitrogen and oxygen atoms in total. The maximum Gasteiger partial charge on any atom is 0.323 e. The molecule has 3 amide bonds. The van der Waals surface area contributed by atoms with Crippen LogP contribution >= 0.6 is 0 Å². The Labute approximate surface area is 135 Å². The van der Waals surface area contributed by atoms with Gasteiger partial charge in [-0.15, -0.1) is 0 Å². The van der Waals surface area contributed by atoms with E-state index >= 15 is 0 Å². The molecule has 1 fully saturated rings. The molecule has 0 aliphatic carbocycles. The van der Waals surface area contributed by atoms with Gasteiger partial charge in [-0.05, 0) is 49.2 Å². The summed E-state index contributed by atoms with van der Waals surface area (Å²) in [6, 6.07) is 16.3. The second-order valence-corrected chi connectivity index (χ2v) is 5.49. The van der Waals surface area contributed by atoms with Crippen molar-refractivity contribution in [1.29, 1.82) is 0 Å². The van der Waals surface area contributed by atoms with Crippen molar-refractivity contribution < 1.29 is 9.59 Å². The number of benzene rings is 2. The van der Waals surface area contributed by atoms with Gasteiger partial charge in [-0.1, -0.05) is 18.2 Å². The molecule has 2 aromatic carbocycles. The standard InChI is InChI=1S/C18H19N3O2/c22-17-8-4-5-13-21(17)16-11-9-15(10-12-16)20-18(23)19-14-6-2-1-3-7-14/h1-3,6-7,9-12H,4-5,8,13H2,(H2,19,20,23). The Hall–Kier alpha value is -2.82. The quantitative estimate of drug-likeness (QED) is 0.904. The summed E-state index contributed by atoms with van der Waals surface area (Å²) >= 11 is 0. The Morgan fingerprint density at radius 2 is 1.52 bits per heavy atom. The van der Waals surface area contributed by atoms with Gasteiger partial charge in [-0.2, -0.15) is 0 Å². The molecular weight excluding hydrogens is 290 g/mol. The van der Waals surface area contributed by atoms with E-state index in [1.165, 1.54) is 0 Å². The summed E-state index contributed by atoms with van der Waals surface area (Å²) in [5.41, 5.74) is 2.30. The van der Waals surface area contributed by atoms with Crippen molar-refractivity contribution in [1.82, 2.24) is 0 Å². The van der Waals surface area contributed by atoms with Gasteiger partial charge in [0.25, 0.3) is 0 Å². The van der Waals surface area contributed by atoms with Crippen molar-refractivity contribution in [3.05, 3.63) is 54.6 Å². The van der Waals surface area contributed by atoms with Crippen LogP contribution < -0.4 is 15.5 Å². The lowest BCUT2D eigenvalue weighted by molar-refractivity contribution is -0.119. The average Bonchev–Trinajstić information content (AvgIpc) is 2.57. The molecule has 0 saturated carbocycles. The zero-order valence-electron chi connectivity index (χ0n) is 12.8. The van der Waals surface area contributed by atoms with E-state index < -0.39 is 0 Å². The molecule has 3 rings (SSSR count). The van der Waals surface area contributed by atoms with Crippen LogP contribution in [0.5, 0.6) is 0 Å². The molecule has 1 heterocycles. The number of hydrogen-bond acceptors (Lipinski definition) is 2. The molecule has 0 bridgehead atoms. The van der Waals surface area contributed by atoms with E-state index in [1.54, 1.807) is 4.90 Å². The summed E-state index contributed by atoms with van der Waals surface area (Å²) in [6.07, 6.45) is 2.61.